The maximum absolute atomic E-state index is 9.44. The second kappa shape index (κ2) is 3.86. The van der Waals surface area contributed by atoms with Gasteiger partial charge in [-0.15, -0.1) is 0 Å². The van der Waals surface area contributed by atoms with Crippen LogP contribution >= 0.6 is 0 Å². The van der Waals surface area contributed by atoms with Crippen LogP contribution in [0.4, 0.5) is 0 Å². The molecule has 0 bridgehead atoms. The van der Waals surface area contributed by atoms with Gasteiger partial charge in [-0.25, -0.2) is 8.42 Å². The largest absolute Gasteiger partial charge is 1.00 e. The van der Waals surface area contributed by atoms with E-state index in [1.54, 1.807) is 0 Å². The van der Waals surface area contributed by atoms with Gasteiger partial charge in [-0.2, -0.15) is 0 Å². The summed E-state index contributed by atoms with van der Waals surface area (Å²) in [6.45, 7) is 1.31. The summed E-state index contributed by atoms with van der Waals surface area (Å²) in [6, 6.07) is 0. The first-order valence-electron chi connectivity index (χ1n) is 1.50. The van der Waals surface area contributed by atoms with Crippen molar-refractivity contribution in [2.45, 2.75) is 6.92 Å². The van der Waals surface area contributed by atoms with E-state index in [-0.39, 0.29) is 35.3 Å². The molecular formula is C2H5NaO3S. The summed E-state index contributed by atoms with van der Waals surface area (Å²) in [5.74, 6) is -0.312. The molecule has 5 heteroatoms. The normalized spacial score (nSPS) is 10.0. The fourth-order valence-electron chi connectivity index (χ4n) is 0. The molecule has 0 aliphatic rings. The molecule has 0 saturated heterocycles. The molecule has 0 aromatic rings. The smallest absolute Gasteiger partial charge is 0.748 e. The molecule has 3 nitrogen and oxygen atoms in total. The molecule has 0 aromatic heterocycles. The van der Waals surface area contributed by atoms with Gasteiger partial charge in [0.05, 0.1) is 10.1 Å². The van der Waals surface area contributed by atoms with E-state index in [0.29, 0.717) is 0 Å². The predicted molar refractivity (Wildman–Crippen MR) is 20.2 cm³/mol. The maximum atomic E-state index is 9.44. The minimum atomic E-state index is -3.91. The van der Waals surface area contributed by atoms with Crippen LogP contribution in [0.5, 0.6) is 0 Å². The number of hydrogen-bond donors (Lipinski definition) is 0. The summed E-state index contributed by atoms with van der Waals surface area (Å²) in [5, 5.41) is 0. The molecule has 7 heavy (non-hydrogen) atoms. The molecule has 0 heterocycles. The van der Waals surface area contributed by atoms with Gasteiger partial charge in [0.1, 0.15) is 0 Å². The second-order valence-corrected chi connectivity index (χ2v) is 2.54. The molecule has 0 N–H and O–H groups in total. The van der Waals surface area contributed by atoms with Gasteiger partial charge in [0.2, 0.25) is 0 Å². The van der Waals surface area contributed by atoms with Gasteiger partial charge in [-0.3, -0.25) is 0 Å². The molecule has 38 valence electrons. The van der Waals surface area contributed by atoms with E-state index in [9.17, 15) is 13.0 Å². The number of rotatable bonds is 1. The summed E-state index contributed by atoms with van der Waals surface area (Å²) in [4.78, 5) is 0. The van der Waals surface area contributed by atoms with Crippen LogP contribution in [0.1, 0.15) is 6.92 Å². The summed E-state index contributed by atoms with van der Waals surface area (Å²) < 4.78 is 28.3. The molecule has 0 rings (SSSR count). The zero-order chi connectivity index (χ0) is 5.21. The third-order valence-corrected chi connectivity index (χ3v) is 1.06. The first-order valence-corrected chi connectivity index (χ1v) is 3.07. The second-order valence-electron chi connectivity index (χ2n) is 0.846. The first-order chi connectivity index (χ1) is 2.56. The van der Waals surface area contributed by atoms with Crippen LogP contribution in [0.15, 0.2) is 0 Å². The van der Waals surface area contributed by atoms with Crippen LogP contribution in [-0.2, 0) is 10.1 Å². The van der Waals surface area contributed by atoms with Crippen LogP contribution in [0.3, 0.4) is 0 Å². The van der Waals surface area contributed by atoms with Gasteiger partial charge in [0, 0.05) is 5.75 Å². The van der Waals surface area contributed by atoms with Crippen LogP contribution in [0, 0.1) is 0 Å². The quantitative estimate of drug-likeness (QED) is 0.275. The topological polar surface area (TPSA) is 57.2 Å². The average Bonchev–Trinajstić information content (AvgIpc) is 1.35. The van der Waals surface area contributed by atoms with E-state index in [2.05, 4.69) is 0 Å². The Morgan fingerprint density at radius 3 is 1.71 bits per heavy atom. The van der Waals surface area contributed by atoms with E-state index < -0.39 is 10.1 Å². The van der Waals surface area contributed by atoms with E-state index >= 15 is 0 Å². The summed E-state index contributed by atoms with van der Waals surface area (Å²) in [6.07, 6.45) is 0. The zero-order valence-electron chi connectivity index (χ0n) is 4.34. The van der Waals surface area contributed by atoms with Crippen molar-refractivity contribution < 1.29 is 42.5 Å². The standard InChI is InChI=1S/C2H6O3S.Na/c1-2-6(3,4)5;/h2H2,1H3,(H,3,4,5);/q;+1/p-1. The maximum Gasteiger partial charge on any atom is 1.00 e. The minimum absolute atomic E-state index is 0. The zero-order valence-corrected chi connectivity index (χ0v) is 7.16. The van der Waals surface area contributed by atoms with Crippen LogP contribution < -0.4 is 29.6 Å². The van der Waals surface area contributed by atoms with E-state index in [1.807, 2.05) is 0 Å². The predicted octanol–water partition coefficient (Wildman–Crippen LogP) is -3.44. The van der Waals surface area contributed by atoms with Gasteiger partial charge in [0.25, 0.3) is 0 Å². The Morgan fingerprint density at radius 1 is 1.57 bits per heavy atom. The molecule has 0 fully saturated rings. The molecule has 0 aliphatic heterocycles. The first kappa shape index (κ1) is 10.8. The van der Waals surface area contributed by atoms with Crippen molar-refractivity contribution >= 4 is 10.1 Å². The number of hydrogen-bond acceptors (Lipinski definition) is 3. The Labute approximate surface area is 65.1 Å². The molecular weight excluding hydrogens is 127 g/mol. The fourth-order valence-corrected chi connectivity index (χ4v) is 0. The molecule has 0 amide bonds. The Bertz CT molecular complexity index is 115. The van der Waals surface area contributed by atoms with Gasteiger partial charge in [-0.05, 0) is 0 Å². The SMILES string of the molecule is CCS(=O)(=O)[O-].[Na+]. The van der Waals surface area contributed by atoms with Crippen molar-refractivity contribution in [3.63, 3.8) is 0 Å². The molecule has 0 radical (unpaired) electrons. The van der Waals surface area contributed by atoms with Gasteiger partial charge in [0.15, 0.2) is 0 Å². The summed E-state index contributed by atoms with van der Waals surface area (Å²) in [5.41, 5.74) is 0. The van der Waals surface area contributed by atoms with Crippen molar-refractivity contribution in [2.24, 2.45) is 0 Å². The van der Waals surface area contributed by atoms with E-state index in [1.165, 1.54) is 6.92 Å². The molecule has 0 atom stereocenters. The third-order valence-electron chi connectivity index (χ3n) is 0.354. The van der Waals surface area contributed by atoms with Crippen molar-refractivity contribution in [2.75, 3.05) is 5.75 Å². The Hall–Kier alpha value is 0.910. The van der Waals surface area contributed by atoms with Crippen molar-refractivity contribution in [3.8, 4) is 0 Å². The van der Waals surface area contributed by atoms with Gasteiger partial charge < -0.3 is 4.55 Å². The molecule has 0 aromatic carbocycles. The average molecular weight is 132 g/mol. The fraction of sp³-hybridized carbons (Fsp3) is 1.00. The van der Waals surface area contributed by atoms with Crippen LogP contribution in [-0.4, -0.2) is 18.7 Å². The van der Waals surface area contributed by atoms with Crippen molar-refractivity contribution in [1.29, 1.82) is 0 Å². The summed E-state index contributed by atoms with van der Waals surface area (Å²) >= 11 is 0. The Morgan fingerprint density at radius 2 is 1.71 bits per heavy atom. The minimum Gasteiger partial charge on any atom is -0.748 e. The van der Waals surface area contributed by atoms with Crippen LogP contribution in [0.25, 0.3) is 0 Å². The van der Waals surface area contributed by atoms with E-state index in [0.717, 1.165) is 0 Å². The van der Waals surface area contributed by atoms with Crippen molar-refractivity contribution in [3.05, 3.63) is 0 Å². The molecule has 0 saturated carbocycles. The molecule has 0 aliphatic carbocycles. The third kappa shape index (κ3) is 10.9. The monoisotopic (exact) mass is 132 g/mol. The molecule has 0 unspecified atom stereocenters. The van der Waals surface area contributed by atoms with Gasteiger partial charge in [-0.1, -0.05) is 6.92 Å². The Kier molecular flexibility index (Phi) is 5.96. The van der Waals surface area contributed by atoms with Crippen molar-refractivity contribution in [1.82, 2.24) is 0 Å². The Balaban J connectivity index is 0. The summed E-state index contributed by atoms with van der Waals surface area (Å²) in [7, 11) is -3.91. The van der Waals surface area contributed by atoms with Gasteiger partial charge >= 0.3 is 29.6 Å². The van der Waals surface area contributed by atoms with E-state index in [4.69, 9.17) is 0 Å². The van der Waals surface area contributed by atoms with Crippen LogP contribution in [0.2, 0.25) is 0 Å². The molecule has 0 spiro atoms.